The summed E-state index contributed by atoms with van der Waals surface area (Å²) in [5.41, 5.74) is 6.44. The molecule has 1 aromatic carbocycles. The molecule has 1 saturated heterocycles. The van der Waals surface area contributed by atoms with Crippen molar-refractivity contribution < 1.29 is 18.6 Å². The Bertz CT molecular complexity index is 433. The van der Waals surface area contributed by atoms with Crippen LogP contribution in [0.4, 0.5) is 4.39 Å². The molecule has 0 bridgehead atoms. The summed E-state index contributed by atoms with van der Waals surface area (Å²) in [5.74, 6) is 0.251. The van der Waals surface area contributed by atoms with Crippen LogP contribution in [0.3, 0.4) is 0 Å². The lowest BCUT2D eigenvalue weighted by atomic mass is 9.82. The molecule has 1 heterocycles. The van der Waals surface area contributed by atoms with Gasteiger partial charge in [-0.15, -0.1) is 0 Å². The first-order valence-corrected chi connectivity index (χ1v) is 6.35. The van der Waals surface area contributed by atoms with Gasteiger partial charge >= 0.3 is 0 Å². The first kappa shape index (κ1) is 14.2. The highest BCUT2D eigenvalue weighted by Gasteiger charge is 2.40. The van der Waals surface area contributed by atoms with Gasteiger partial charge in [-0.05, 0) is 18.2 Å². The van der Waals surface area contributed by atoms with Crippen molar-refractivity contribution in [2.75, 3.05) is 27.4 Å². The molecule has 0 radical (unpaired) electrons. The summed E-state index contributed by atoms with van der Waals surface area (Å²) < 4.78 is 29.7. The maximum Gasteiger partial charge on any atom is 0.123 e. The summed E-state index contributed by atoms with van der Waals surface area (Å²) >= 11 is 0. The smallest absolute Gasteiger partial charge is 0.123 e. The SMILES string of the molecule is COc1ccc(F)cc1C(N)C1(OC)CCOCC1. The van der Waals surface area contributed by atoms with Crippen LogP contribution in [-0.4, -0.2) is 33.0 Å². The van der Waals surface area contributed by atoms with Gasteiger partial charge in [0, 0.05) is 38.7 Å². The molecule has 5 heteroatoms. The van der Waals surface area contributed by atoms with Crippen LogP contribution >= 0.6 is 0 Å². The second kappa shape index (κ2) is 5.86. The van der Waals surface area contributed by atoms with Gasteiger partial charge in [-0.1, -0.05) is 0 Å². The lowest BCUT2D eigenvalue weighted by Gasteiger charge is -2.41. The Morgan fingerprint density at radius 1 is 1.32 bits per heavy atom. The average molecular weight is 269 g/mol. The van der Waals surface area contributed by atoms with E-state index < -0.39 is 11.6 Å². The van der Waals surface area contributed by atoms with E-state index in [1.807, 2.05) is 0 Å². The molecule has 0 aliphatic carbocycles. The topological polar surface area (TPSA) is 53.7 Å². The largest absolute Gasteiger partial charge is 0.496 e. The van der Waals surface area contributed by atoms with E-state index in [1.165, 1.54) is 12.1 Å². The fourth-order valence-electron chi connectivity index (χ4n) is 2.59. The molecule has 1 aliphatic heterocycles. The van der Waals surface area contributed by atoms with E-state index in [-0.39, 0.29) is 5.82 Å². The van der Waals surface area contributed by atoms with E-state index >= 15 is 0 Å². The van der Waals surface area contributed by atoms with E-state index in [0.717, 1.165) is 0 Å². The van der Waals surface area contributed by atoms with E-state index in [2.05, 4.69) is 0 Å². The van der Waals surface area contributed by atoms with Gasteiger partial charge in [0.15, 0.2) is 0 Å². The highest BCUT2D eigenvalue weighted by Crippen LogP contribution is 2.39. The molecule has 1 unspecified atom stereocenters. The molecule has 1 atom stereocenters. The highest BCUT2D eigenvalue weighted by atomic mass is 19.1. The summed E-state index contributed by atoms with van der Waals surface area (Å²) in [5, 5.41) is 0. The molecule has 0 aromatic heterocycles. The standard InChI is InChI=1S/C14H20FNO3/c1-17-12-4-3-10(15)9-11(12)13(16)14(18-2)5-7-19-8-6-14/h3-4,9,13H,5-8,16H2,1-2H3. The Hall–Kier alpha value is -1.17. The quantitative estimate of drug-likeness (QED) is 0.908. The second-order valence-electron chi connectivity index (χ2n) is 4.75. The van der Waals surface area contributed by atoms with Gasteiger partial charge in [0.25, 0.3) is 0 Å². The Morgan fingerprint density at radius 3 is 2.58 bits per heavy atom. The van der Waals surface area contributed by atoms with Crippen LogP contribution in [0, 0.1) is 5.82 Å². The van der Waals surface area contributed by atoms with Crippen LogP contribution in [0.1, 0.15) is 24.4 Å². The molecule has 1 aromatic rings. The maximum atomic E-state index is 13.5. The van der Waals surface area contributed by atoms with Gasteiger partial charge < -0.3 is 19.9 Å². The zero-order valence-electron chi connectivity index (χ0n) is 11.3. The van der Waals surface area contributed by atoms with Gasteiger partial charge in [0.1, 0.15) is 11.6 Å². The number of nitrogens with two attached hydrogens (primary N) is 1. The molecule has 2 N–H and O–H groups in total. The van der Waals surface area contributed by atoms with E-state index in [4.69, 9.17) is 19.9 Å². The fourth-order valence-corrected chi connectivity index (χ4v) is 2.59. The molecule has 0 spiro atoms. The minimum Gasteiger partial charge on any atom is -0.496 e. The first-order chi connectivity index (χ1) is 9.13. The van der Waals surface area contributed by atoms with E-state index in [0.29, 0.717) is 37.4 Å². The van der Waals surface area contributed by atoms with Crippen LogP contribution in [0.2, 0.25) is 0 Å². The Labute approximate surface area is 112 Å². The van der Waals surface area contributed by atoms with Crippen molar-refractivity contribution in [1.29, 1.82) is 0 Å². The molecule has 1 fully saturated rings. The number of methoxy groups -OCH3 is 2. The Morgan fingerprint density at radius 2 is 2.00 bits per heavy atom. The fraction of sp³-hybridized carbons (Fsp3) is 0.571. The Kier molecular flexibility index (Phi) is 4.39. The second-order valence-corrected chi connectivity index (χ2v) is 4.75. The Balaban J connectivity index is 2.36. The molecule has 0 amide bonds. The van der Waals surface area contributed by atoms with Crippen molar-refractivity contribution in [3.8, 4) is 5.75 Å². The summed E-state index contributed by atoms with van der Waals surface area (Å²) in [6, 6.07) is 3.91. The molecule has 106 valence electrons. The molecule has 19 heavy (non-hydrogen) atoms. The molecular weight excluding hydrogens is 249 g/mol. The lowest BCUT2D eigenvalue weighted by Crippen LogP contribution is -2.47. The number of ether oxygens (including phenoxy) is 3. The molecule has 2 rings (SSSR count). The van der Waals surface area contributed by atoms with Crippen LogP contribution in [-0.2, 0) is 9.47 Å². The van der Waals surface area contributed by atoms with Crippen molar-refractivity contribution in [2.45, 2.75) is 24.5 Å². The predicted octanol–water partition coefficient (Wildman–Crippen LogP) is 2.03. The van der Waals surface area contributed by atoms with Crippen molar-refractivity contribution >= 4 is 0 Å². The molecule has 1 aliphatic rings. The maximum absolute atomic E-state index is 13.5. The minimum atomic E-state index is -0.528. The third-order valence-corrected chi connectivity index (χ3v) is 3.84. The zero-order valence-corrected chi connectivity index (χ0v) is 11.3. The van der Waals surface area contributed by atoms with Crippen molar-refractivity contribution in [2.24, 2.45) is 5.73 Å². The average Bonchev–Trinajstić information content (AvgIpc) is 2.47. The third kappa shape index (κ3) is 2.73. The first-order valence-electron chi connectivity index (χ1n) is 6.35. The van der Waals surface area contributed by atoms with Gasteiger partial charge in [-0.2, -0.15) is 0 Å². The van der Waals surface area contributed by atoms with Crippen LogP contribution in [0.15, 0.2) is 18.2 Å². The monoisotopic (exact) mass is 269 g/mol. The summed E-state index contributed by atoms with van der Waals surface area (Å²) in [4.78, 5) is 0. The summed E-state index contributed by atoms with van der Waals surface area (Å²) in [6.45, 7) is 1.19. The summed E-state index contributed by atoms with van der Waals surface area (Å²) in [7, 11) is 3.18. The number of hydrogen-bond acceptors (Lipinski definition) is 4. The minimum absolute atomic E-state index is 0.329. The van der Waals surface area contributed by atoms with Gasteiger partial charge in [0.2, 0.25) is 0 Å². The van der Waals surface area contributed by atoms with Gasteiger partial charge in [0.05, 0.1) is 18.8 Å². The van der Waals surface area contributed by atoms with Crippen LogP contribution in [0.5, 0.6) is 5.75 Å². The van der Waals surface area contributed by atoms with Crippen molar-refractivity contribution in [1.82, 2.24) is 0 Å². The lowest BCUT2D eigenvalue weighted by molar-refractivity contribution is -0.105. The van der Waals surface area contributed by atoms with Gasteiger partial charge in [-0.25, -0.2) is 4.39 Å². The third-order valence-electron chi connectivity index (χ3n) is 3.84. The van der Waals surface area contributed by atoms with E-state index in [1.54, 1.807) is 20.3 Å². The normalized spacial score (nSPS) is 20.0. The highest BCUT2D eigenvalue weighted by molar-refractivity contribution is 5.38. The number of rotatable bonds is 4. The number of halogens is 1. The number of hydrogen-bond donors (Lipinski definition) is 1. The zero-order chi connectivity index (χ0) is 13.9. The molecule has 4 nitrogen and oxygen atoms in total. The van der Waals surface area contributed by atoms with Crippen LogP contribution < -0.4 is 10.5 Å². The number of benzene rings is 1. The van der Waals surface area contributed by atoms with Crippen molar-refractivity contribution in [3.05, 3.63) is 29.6 Å². The van der Waals surface area contributed by atoms with Gasteiger partial charge in [-0.3, -0.25) is 0 Å². The molecule has 0 saturated carbocycles. The van der Waals surface area contributed by atoms with E-state index in [9.17, 15) is 4.39 Å². The van der Waals surface area contributed by atoms with Crippen molar-refractivity contribution in [3.63, 3.8) is 0 Å². The van der Waals surface area contributed by atoms with Crippen LogP contribution in [0.25, 0.3) is 0 Å². The predicted molar refractivity (Wildman–Crippen MR) is 69.7 cm³/mol. The molecular formula is C14H20FNO3. The summed E-state index contributed by atoms with van der Waals surface area (Å²) in [6.07, 6.45) is 1.37.